The number of hydrogen-bond acceptors (Lipinski definition) is 7. The number of aromatic nitrogens is 2. The highest BCUT2D eigenvalue weighted by molar-refractivity contribution is 6.36. The number of piperazine rings is 1. The summed E-state index contributed by atoms with van der Waals surface area (Å²) in [6.45, 7) is 5.79. The van der Waals surface area contributed by atoms with Gasteiger partial charge < -0.3 is 24.5 Å². The minimum absolute atomic E-state index is 0.305. The fourth-order valence-corrected chi connectivity index (χ4v) is 10.3. The van der Waals surface area contributed by atoms with Crippen LogP contribution in [0.5, 0.6) is 6.01 Å². The van der Waals surface area contributed by atoms with Gasteiger partial charge >= 0.3 is 6.01 Å². The number of anilines is 2. The van der Waals surface area contributed by atoms with Crippen LogP contribution in [0, 0.1) is 5.92 Å². The number of ether oxygens (including phenoxy) is 1. The molecule has 9 heteroatoms. The van der Waals surface area contributed by atoms with E-state index in [4.69, 9.17) is 26.3 Å². The van der Waals surface area contributed by atoms with Crippen LogP contribution in [0.4, 0.5) is 11.5 Å². The second-order valence-corrected chi connectivity index (χ2v) is 14.0. The Labute approximate surface area is 252 Å². The first-order valence-corrected chi connectivity index (χ1v) is 16.3. The van der Waals surface area contributed by atoms with Crippen LogP contribution >= 0.6 is 11.6 Å². The summed E-state index contributed by atoms with van der Waals surface area (Å²) < 4.78 is 7.77. The van der Waals surface area contributed by atoms with E-state index in [9.17, 15) is 5.11 Å². The van der Waals surface area contributed by atoms with E-state index in [0.29, 0.717) is 49.8 Å². The largest absolute Gasteiger partial charge is 0.462 e. The van der Waals surface area contributed by atoms with Crippen LogP contribution in [0.25, 0.3) is 10.8 Å². The Morgan fingerprint density at radius 1 is 1.07 bits per heavy atom. The van der Waals surface area contributed by atoms with Crippen LogP contribution in [-0.2, 0) is 13.0 Å². The third-order valence-corrected chi connectivity index (χ3v) is 12.2. The van der Waals surface area contributed by atoms with Crippen molar-refractivity contribution in [1.82, 2.24) is 14.9 Å². The molecule has 42 heavy (non-hydrogen) atoms. The predicted octanol–water partition coefficient (Wildman–Crippen LogP) is 3.86. The predicted molar refractivity (Wildman–Crippen MR) is 164 cm³/mol. The van der Waals surface area contributed by atoms with E-state index < -0.39 is 0 Å². The third kappa shape index (κ3) is 3.52. The summed E-state index contributed by atoms with van der Waals surface area (Å²) in [5.74, 6) is 1.76. The van der Waals surface area contributed by atoms with Crippen molar-refractivity contribution in [3.05, 3.63) is 52.7 Å². The molecular weight excluding hydrogens is 548 g/mol. The Hall–Kier alpha value is -2.65. The van der Waals surface area contributed by atoms with Gasteiger partial charge in [0.25, 0.3) is 0 Å². The summed E-state index contributed by atoms with van der Waals surface area (Å²) in [5, 5.41) is 12.9. The quantitative estimate of drug-likeness (QED) is 0.333. The van der Waals surface area contributed by atoms with E-state index in [2.05, 4.69) is 46.0 Å². The smallest absolute Gasteiger partial charge is 0.318 e. The van der Waals surface area contributed by atoms with E-state index in [1.165, 1.54) is 22.9 Å². The molecule has 5 saturated heterocycles. The summed E-state index contributed by atoms with van der Waals surface area (Å²) in [7, 11) is 2.19. The fourth-order valence-electron chi connectivity index (χ4n) is 9.99. The molecule has 5 fully saturated rings. The molecule has 0 aliphatic carbocycles. The molecular formula is C33H40ClN6O2+. The first-order valence-electron chi connectivity index (χ1n) is 16.0. The molecule has 220 valence electrons. The van der Waals surface area contributed by atoms with Gasteiger partial charge in [-0.05, 0) is 56.8 Å². The van der Waals surface area contributed by atoms with Crippen molar-refractivity contribution in [3.63, 3.8) is 0 Å². The van der Waals surface area contributed by atoms with Crippen molar-refractivity contribution in [2.75, 3.05) is 56.2 Å². The Morgan fingerprint density at radius 3 is 2.79 bits per heavy atom. The topological polar surface area (TPSA) is 65.0 Å². The second kappa shape index (κ2) is 9.42. The van der Waals surface area contributed by atoms with Crippen LogP contribution in [-0.4, -0.2) is 101 Å². The van der Waals surface area contributed by atoms with E-state index in [1.54, 1.807) is 0 Å². The molecule has 1 spiro atoms. The number of fused-ring (bicyclic) bond motifs is 3. The molecule has 9 rings (SSSR count). The van der Waals surface area contributed by atoms with Gasteiger partial charge in [0.1, 0.15) is 30.6 Å². The standard InChI is InChI=1S/C33H40ClN6O2/c1-37-12-4-7-21(37)19-42-33-35-26-17-38(27-9-3-6-20-5-2-8-25(34)30(20)27)13-10-23(26)32(36-33)39-16-22-15-28-31-24(11-14-41)29(18-39)40(22,28)31/h2-3,5-6,8-9,21-22,24,28-29,31,41H,4,7,10-19H2,1H3/q+1/t21-,22?,24?,28?,29?,31?,40?/m0/s1. The highest BCUT2D eigenvalue weighted by Gasteiger charge is 2.92. The number of rotatable bonds is 7. The molecule has 2 aromatic carbocycles. The number of halogens is 1. The molecule has 0 amide bonds. The maximum Gasteiger partial charge on any atom is 0.318 e. The molecule has 7 atom stereocenters. The zero-order valence-electron chi connectivity index (χ0n) is 24.3. The van der Waals surface area contributed by atoms with Crippen molar-refractivity contribution >= 4 is 33.9 Å². The molecule has 7 heterocycles. The maximum atomic E-state index is 9.80. The molecule has 1 N–H and O–H groups in total. The zero-order chi connectivity index (χ0) is 28.2. The SMILES string of the molecule is CN1CCC[C@H]1COc1nc2c(c(N3CC4CC5C6C(CCO)C(C3)[N+]456)n1)CCN(c1cccc3cccc(Cl)c13)C2. The minimum Gasteiger partial charge on any atom is -0.462 e. The Bertz CT molecular complexity index is 1560. The van der Waals surface area contributed by atoms with E-state index in [0.717, 1.165) is 90.5 Å². The molecule has 1 aromatic heterocycles. The molecule has 0 bridgehead atoms. The van der Waals surface area contributed by atoms with Crippen LogP contribution in [0.15, 0.2) is 36.4 Å². The Kier molecular flexibility index (Phi) is 5.79. The van der Waals surface area contributed by atoms with E-state index >= 15 is 0 Å². The van der Waals surface area contributed by atoms with Crippen molar-refractivity contribution in [2.24, 2.45) is 5.92 Å². The lowest BCUT2D eigenvalue weighted by molar-refractivity contribution is -0.951. The molecule has 3 aromatic rings. The van der Waals surface area contributed by atoms with Gasteiger partial charge in [-0.2, -0.15) is 9.97 Å². The van der Waals surface area contributed by atoms with Gasteiger partial charge in [-0.15, -0.1) is 0 Å². The maximum absolute atomic E-state index is 9.80. The lowest BCUT2D eigenvalue weighted by Gasteiger charge is -2.57. The summed E-state index contributed by atoms with van der Waals surface area (Å²) in [6, 6.07) is 16.6. The summed E-state index contributed by atoms with van der Waals surface area (Å²) in [6.07, 6.45) is 5.55. The molecule has 6 aliphatic rings. The molecule has 0 radical (unpaired) electrons. The van der Waals surface area contributed by atoms with Crippen LogP contribution < -0.4 is 14.5 Å². The average Bonchev–Trinajstić information content (AvgIpc) is 3.23. The summed E-state index contributed by atoms with van der Waals surface area (Å²) in [5.41, 5.74) is 3.53. The van der Waals surface area contributed by atoms with Gasteiger partial charge in [0, 0.05) is 35.8 Å². The number of likely N-dealkylation sites (tertiary alicyclic amines) is 1. The summed E-state index contributed by atoms with van der Waals surface area (Å²) in [4.78, 5) is 17.7. The number of aliphatic hydroxyl groups excluding tert-OH is 1. The van der Waals surface area contributed by atoms with Crippen LogP contribution in [0.2, 0.25) is 5.02 Å². The van der Waals surface area contributed by atoms with Gasteiger partial charge in [0.05, 0.1) is 42.7 Å². The number of likely N-dealkylation sites (N-methyl/N-ethyl adjacent to an activating group) is 1. The number of benzene rings is 2. The second-order valence-electron chi connectivity index (χ2n) is 13.6. The van der Waals surface area contributed by atoms with Crippen molar-refractivity contribution in [3.8, 4) is 6.01 Å². The number of nitrogens with zero attached hydrogens (tertiary/aromatic N) is 6. The van der Waals surface area contributed by atoms with Crippen molar-refractivity contribution < 1.29 is 14.3 Å². The van der Waals surface area contributed by atoms with Gasteiger partial charge in [-0.25, -0.2) is 0 Å². The van der Waals surface area contributed by atoms with Gasteiger partial charge in [-0.3, -0.25) is 4.48 Å². The average molecular weight is 588 g/mol. The number of quaternary nitrogens is 1. The molecule has 0 saturated carbocycles. The molecule has 6 unspecified atom stereocenters. The van der Waals surface area contributed by atoms with Crippen molar-refractivity contribution in [1.29, 1.82) is 0 Å². The fraction of sp³-hybridized carbons (Fsp3) is 0.576. The van der Waals surface area contributed by atoms with Gasteiger partial charge in [0.15, 0.2) is 6.04 Å². The first kappa shape index (κ1) is 25.8. The lowest BCUT2D eigenvalue weighted by Crippen LogP contribution is -2.74. The minimum atomic E-state index is 0.305. The van der Waals surface area contributed by atoms with E-state index in [1.807, 2.05) is 12.1 Å². The van der Waals surface area contributed by atoms with Gasteiger partial charge in [-0.1, -0.05) is 35.9 Å². The number of aliphatic hydroxyl groups is 1. The highest BCUT2D eigenvalue weighted by atomic mass is 35.5. The normalized spacial score (nSPS) is 34.4. The monoisotopic (exact) mass is 587 g/mol. The third-order valence-electron chi connectivity index (χ3n) is 11.9. The van der Waals surface area contributed by atoms with E-state index in [-0.39, 0.29) is 0 Å². The highest BCUT2D eigenvalue weighted by Crippen LogP contribution is 2.72. The van der Waals surface area contributed by atoms with Crippen LogP contribution in [0.3, 0.4) is 0 Å². The summed E-state index contributed by atoms with van der Waals surface area (Å²) >= 11 is 6.75. The Morgan fingerprint density at radius 2 is 1.95 bits per heavy atom. The van der Waals surface area contributed by atoms with Crippen molar-refractivity contribution in [2.45, 2.75) is 68.9 Å². The lowest BCUT2D eigenvalue weighted by atomic mass is 9.82. The molecule has 8 nitrogen and oxygen atoms in total. The number of hydrogen-bond donors (Lipinski definition) is 1. The van der Waals surface area contributed by atoms with Crippen LogP contribution in [0.1, 0.15) is 36.9 Å². The molecule has 6 aliphatic heterocycles. The Balaban J connectivity index is 1.06. The van der Waals surface area contributed by atoms with Gasteiger partial charge in [0.2, 0.25) is 0 Å². The first-order chi connectivity index (χ1) is 20.6. The zero-order valence-corrected chi connectivity index (χ0v) is 25.1.